The molecule has 0 radical (unpaired) electrons. The highest BCUT2D eigenvalue weighted by Gasteiger charge is 2.17. The van der Waals surface area contributed by atoms with Crippen LogP contribution < -0.4 is 14.4 Å². The second-order valence-corrected chi connectivity index (χ2v) is 6.63. The summed E-state index contributed by atoms with van der Waals surface area (Å²) >= 11 is 0. The van der Waals surface area contributed by atoms with Crippen molar-refractivity contribution in [1.29, 1.82) is 0 Å². The van der Waals surface area contributed by atoms with Crippen LogP contribution in [0.1, 0.15) is 5.69 Å². The van der Waals surface area contributed by atoms with E-state index in [9.17, 15) is 12.8 Å². The van der Waals surface area contributed by atoms with Crippen LogP contribution in [0.2, 0.25) is 0 Å². The van der Waals surface area contributed by atoms with E-state index in [1.165, 1.54) is 19.2 Å². The Morgan fingerprint density at radius 1 is 1.30 bits per heavy atom. The normalized spacial score (nSPS) is 11.3. The van der Waals surface area contributed by atoms with Crippen molar-refractivity contribution < 1.29 is 17.5 Å². The van der Waals surface area contributed by atoms with Gasteiger partial charge in [0.15, 0.2) is 11.6 Å². The van der Waals surface area contributed by atoms with Crippen LogP contribution in [0.5, 0.6) is 5.75 Å². The van der Waals surface area contributed by atoms with Crippen molar-refractivity contribution in [2.45, 2.75) is 11.4 Å². The summed E-state index contributed by atoms with van der Waals surface area (Å²) in [5, 5.41) is 0. The van der Waals surface area contributed by atoms with Gasteiger partial charge in [-0.15, -0.1) is 0 Å². The topological polar surface area (TPSA) is 84.4 Å². The molecule has 0 amide bonds. The van der Waals surface area contributed by atoms with Crippen molar-refractivity contribution in [3.8, 4) is 5.75 Å². The SMILES string of the molecule is COc1ccc(S(=O)(=O)NCc2ccnc(N(C)C)n2)cc1F. The number of halogens is 1. The molecule has 7 nitrogen and oxygen atoms in total. The molecule has 2 aromatic rings. The van der Waals surface area contributed by atoms with Crippen LogP contribution >= 0.6 is 0 Å². The minimum absolute atomic E-state index is 0.0182. The second kappa shape index (κ2) is 6.88. The van der Waals surface area contributed by atoms with Gasteiger partial charge in [-0.3, -0.25) is 0 Å². The second-order valence-electron chi connectivity index (χ2n) is 4.86. The summed E-state index contributed by atoms with van der Waals surface area (Å²) in [5.74, 6) is -0.292. The number of methoxy groups -OCH3 is 1. The van der Waals surface area contributed by atoms with Crippen molar-refractivity contribution >= 4 is 16.0 Å². The third-order valence-corrected chi connectivity index (χ3v) is 4.38. The van der Waals surface area contributed by atoms with E-state index in [1.54, 1.807) is 31.3 Å². The number of anilines is 1. The van der Waals surface area contributed by atoms with Gasteiger partial charge in [0.05, 0.1) is 24.2 Å². The lowest BCUT2D eigenvalue weighted by Gasteiger charge is -2.11. The molecule has 0 unspecified atom stereocenters. The van der Waals surface area contributed by atoms with Gasteiger partial charge in [-0.25, -0.2) is 27.5 Å². The lowest BCUT2D eigenvalue weighted by atomic mass is 10.3. The van der Waals surface area contributed by atoms with E-state index in [2.05, 4.69) is 14.7 Å². The third kappa shape index (κ3) is 4.14. The monoisotopic (exact) mass is 340 g/mol. The molecule has 0 saturated carbocycles. The molecule has 2 rings (SSSR count). The lowest BCUT2D eigenvalue weighted by Crippen LogP contribution is -2.24. The highest BCUT2D eigenvalue weighted by atomic mass is 32.2. The molecule has 9 heteroatoms. The molecule has 0 saturated heterocycles. The number of aromatic nitrogens is 2. The lowest BCUT2D eigenvalue weighted by molar-refractivity contribution is 0.385. The van der Waals surface area contributed by atoms with Crippen molar-refractivity contribution in [2.24, 2.45) is 0 Å². The standard InChI is InChI=1S/C14H17FN4O3S/c1-19(2)14-16-7-6-10(18-14)9-17-23(20,21)11-4-5-13(22-3)12(15)8-11/h4-8,17H,9H2,1-3H3. The van der Waals surface area contributed by atoms with E-state index in [-0.39, 0.29) is 17.2 Å². The molecular formula is C14H17FN4O3S. The fourth-order valence-electron chi connectivity index (χ4n) is 1.77. The van der Waals surface area contributed by atoms with E-state index < -0.39 is 15.8 Å². The zero-order chi connectivity index (χ0) is 17.0. The fraction of sp³-hybridized carbons (Fsp3) is 0.286. The summed E-state index contributed by atoms with van der Waals surface area (Å²) in [7, 11) is 1.01. The van der Waals surface area contributed by atoms with E-state index >= 15 is 0 Å². The molecule has 0 aliphatic rings. The number of benzene rings is 1. The number of ether oxygens (including phenoxy) is 1. The van der Waals surface area contributed by atoms with Crippen LogP contribution in [-0.4, -0.2) is 39.6 Å². The van der Waals surface area contributed by atoms with Gasteiger partial charge in [-0.05, 0) is 24.3 Å². The van der Waals surface area contributed by atoms with Gasteiger partial charge in [-0.1, -0.05) is 0 Å². The van der Waals surface area contributed by atoms with E-state index in [0.29, 0.717) is 11.6 Å². The van der Waals surface area contributed by atoms with Crippen LogP contribution in [0.4, 0.5) is 10.3 Å². The maximum atomic E-state index is 13.6. The molecule has 0 aliphatic heterocycles. The Kier molecular flexibility index (Phi) is 5.12. The number of nitrogens with one attached hydrogen (secondary N) is 1. The Bertz CT molecular complexity index is 796. The first-order valence-corrected chi connectivity index (χ1v) is 8.14. The van der Waals surface area contributed by atoms with Gasteiger partial charge >= 0.3 is 0 Å². The fourth-order valence-corrected chi connectivity index (χ4v) is 2.78. The first kappa shape index (κ1) is 17.1. The molecule has 0 fully saturated rings. The molecule has 1 aromatic carbocycles. The Morgan fingerprint density at radius 3 is 2.65 bits per heavy atom. The van der Waals surface area contributed by atoms with Crippen molar-refractivity contribution in [1.82, 2.24) is 14.7 Å². The first-order chi connectivity index (χ1) is 10.8. The van der Waals surface area contributed by atoms with Gasteiger partial charge in [0.1, 0.15) is 0 Å². The van der Waals surface area contributed by atoms with E-state index in [4.69, 9.17) is 4.74 Å². The van der Waals surface area contributed by atoms with E-state index in [0.717, 1.165) is 6.07 Å². The number of nitrogens with zero attached hydrogens (tertiary/aromatic N) is 3. The van der Waals surface area contributed by atoms with Crippen LogP contribution in [0.25, 0.3) is 0 Å². The Balaban J connectivity index is 2.16. The highest BCUT2D eigenvalue weighted by molar-refractivity contribution is 7.89. The van der Waals surface area contributed by atoms with Gasteiger partial charge < -0.3 is 9.64 Å². The predicted octanol–water partition coefficient (Wildman–Crippen LogP) is 1.17. The summed E-state index contributed by atoms with van der Waals surface area (Å²) in [4.78, 5) is 9.78. The van der Waals surface area contributed by atoms with Crippen molar-refractivity contribution in [3.63, 3.8) is 0 Å². The predicted molar refractivity (Wildman–Crippen MR) is 83.3 cm³/mol. The van der Waals surface area contributed by atoms with Crippen molar-refractivity contribution in [2.75, 3.05) is 26.1 Å². The summed E-state index contributed by atoms with van der Waals surface area (Å²) in [6.45, 7) is -0.0284. The van der Waals surface area contributed by atoms with Crippen LogP contribution in [0.15, 0.2) is 35.4 Å². The zero-order valence-corrected chi connectivity index (χ0v) is 13.8. The van der Waals surface area contributed by atoms with Crippen LogP contribution in [0.3, 0.4) is 0 Å². The maximum Gasteiger partial charge on any atom is 0.241 e. The number of hydrogen-bond donors (Lipinski definition) is 1. The van der Waals surface area contributed by atoms with Crippen LogP contribution in [0, 0.1) is 5.82 Å². The van der Waals surface area contributed by atoms with E-state index in [1.807, 2.05) is 0 Å². The van der Waals surface area contributed by atoms with Crippen LogP contribution in [-0.2, 0) is 16.6 Å². The average molecular weight is 340 g/mol. The minimum atomic E-state index is -3.86. The Hall–Kier alpha value is -2.26. The zero-order valence-electron chi connectivity index (χ0n) is 12.9. The molecule has 1 heterocycles. The first-order valence-electron chi connectivity index (χ1n) is 6.66. The summed E-state index contributed by atoms with van der Waals surface area (Å²) < 4.78 is 45.2. The summed E-state index contributed by atoms with van der Waals surface area (Å²) in [6, 6.07) is 5.05. The quantitative estimate of drug-likeness (QED) is 0.850. The Labute approximate surface area is 134 Å². The maximum absolute atomic E-state index is 13.6. The average Bonchev–Trinajstić information content (AvgIpc) is 2.53. The molecule has 1 N–H and O–H groups in total. The molecule has 23 heavy (non-hydrogen) atoms. The molecule has 0 bridgehead atoms. The van der Waals surface area contributed by atoms with Gasteiger partial charge in [-0.2, -0.15) is 0 Å². The van der Waals surface area contributed by atoms with Gasteiger partial charge in [0.2, 0.25) is 16.0 Å². The molecule has 0 aliphatic carbocycles. The number of sulfonamides is 1. The summed E-state index contributed by atoms with van der Waals surface area (Å²) in [6.07, 6.45) is 1.54. The molecule has 0 spiro atoms. The largest absolute Gasteiger partial charge is 0.494 e. The van der Waals surface area contributed by atoms with Crippen molar-refractivity contribution in [3.05, 3.63) is 42.0 Å². The Morgan fingerprint density at radius 2 is 2.04 bits per heavy atom. The van der Waals surface area contributed by atoms with Gasteiger partial charge in [0, 0.05) is 20.3 Å². The molecule has 0 atom stereocenters. The number of rotatable bonds is 6. The summed E-state index contributed by atoms with van der Waals surface area (Å²) in [5.41, 5.74) is 0.501. The minimum Gasteiger partial charge on any atom is -0.494 e. The molecule has 124 valence electrons. The highest BCUT2D eigenvalue weighted by Crippen LogP contribution is 2.20. The number of hydrogen-bond acceptors (Lipinski definition) is 6. The molecular weight excluding hydrogens is 323 g/mol. The van der Waals surface area contributed by atoms with Gasteiger partial charge in [0.25, 0.3) is 0 Å². The smallest absolute Gasteiger partial charge is 0.241 e. The third-order valence-electron chi connectivity index (χ3n) is 2.98. The molecule has 1 aromatic heterocycles.